The molecule has 1 heterocycles. The third-order valence-electron chi connectivity index (χ3n) is 3.33. The van der Waals surface area contributed by atoms with Crippen molar-refractivity contribution in [1.82, 2.24) is 4.90 Å². The second-order valence-electron chi connectivity index (χ2n) is 4.74. The van der Waals surface area contributed by atoms with Crippen LogP contribution < -0.4 is 5.73 Å². The number of rotatable bonds is 7. The lowest BCUT2D eigenvalue weighted by Crippen LogP contribution is -2.35. The summed E-state index contributed by atoms with van der Waals surface area (Å²) >= 11 is 7.75. The molecule has 0 aliphatic heterocycles. The van der Waals surface area contributed by atoms with Gasteiger partial charge >= 0.3 is 0 Å². The predicted octanol–water partition coefficient (Wildman–Crippen LogP) is 3.67. The zero-order valence-corrected chi connectivity index (χ0v) is 11.9. The van der Waals surface area contributed by atoms with Crippen LogP contribution in [0.25, 0.3) is 0 Å². The number of hydrogen-bond donors (Lipinski definition) is 1. The Bertz CT molecular complexity index is 349. The van der Waals surface area contributed by atoms with Crippen LogP contribution >= 0.6 is 22.9 Å². The summed E-state index contributed by atoms with van der Waals surface area (Å²) in [4.78, 5) is 3.91. The van der Waals surface area contributed by atoms with Crippen LogP contribution in [0.1, 0.15) is 43.5 Å². The average molecular weight is 273 g/mol. The number of hydrogen-bond acceptors (Lipinski definition) is 3. The lowest BCUT2D eigenvalue weighted by molar-refractivity contribution is 0.191. The Balaban J connectivity index is 2.08. The molecule has 1 aromatic rings. The summed E-state index contributed by atoms with van der Waals surface area (Å²) in [5.41, 5.74) is 5.97. The minimum Gasteiger partial charge on any atom is -0.329 e. The van der Waals surface area contributed by atoms with E-state index < -0.39 is 0 Å². The summed E-state index contributed by atoms with van der Waals surface area (Å²) in [7, 11) is 0. The first-order valence-electron chi connectivity index (χ1n) is 6.46. The topological polar surface area (TPSA) is 29.3 Å². The highest BCUT2D eigenvalue weighted by molar-refractivity contribution is 7.10. The Hall–Kier alpha value is -0.0900. The van der Waals surface area contributed by atoms with Gasteiger partial charge in [-0.05, 0) is 31.9 Å². The van der Waals surface area contributed by atoms with Gasteiger partial charge in [0.2, 0.25) is 0 Å². The molecule has 1 aliphatic carbocycles. The van der Waals surface area contributed by atoms with Gasteiger partial charge in [-0.2, -0.15) is 0 Å². The molecule has 0 amide bonds. The first-order valence-corrected chi connectivity index (χ1v) is 7.71. The molecular formula is C13H21ClN2S. The van der Waals surface area contributed by atoms with Gasteiger partial charge in [-0.25, -0.2) is 0 Å². The quantitative estimate of drug-likeness (QED) is 0.821. The molecule has 1 unspecified atom stereocenters. The first kappa shape index (κ1) is 13.3. The van der Waals surface area contributed by atoms with Crippen LogP contribution in [0.5, 0.6) is 0 Å². The van der Waals surface area contributed by atoms with E-state index in [9.17, 15) is 0 Å². The van der Waals surface area contributed by atoms with Gasteiger partial charge in [-0.3, -0.25) is 4.90 Å². The third-order valence-corrected chi connectivity index (χ3v) is 4.71. The second-order valence-corrected chi connectivity index (χ2v) is 6.12. The van der Waals surface area contributed by atoms with Crippen molar-refractivity contribution in [2.24, 2.45) is 5.73 Å². The summed E-state index contributed by atoms with van der Waals surface area (Å²) in [6.07, 6.45) is 5.16. The van der Waals surface area contributed by atoms with E-state index in [0.29, 0.717) is 12.6 Å². The van der Waals surface area contributed by atoms with Gasteiger partial charge in [0.05, 0.1) is 11.1 Å². The highest BCUT2D eigenvalue weighted by Crippen LogP contribution is 2.36. The van der Waals surface area contributed by atoms with Crippen LogP contribution in [0.15, 0.2) is 11.4 Å². The Morgan fingerprint density at radius 3 is 2.82 bits per heavy atom. The SMILES string of the molecule is CCCCN(C1CC1)C(CN)c1cc(Cl)cs1. The first-order chi connectivity index (χ1) is 8.26. The number of halogens is 1. The van der Waals surface area contributed by atoms with Crippen LogP contribution in [0, 0.1) is 0 Å². The molecule has 1 atom stereocenters. The fourth-order valence-corrected chi connectivity index (χ4v) is 3.47. The van der Waals surface area contributed by atoms with Gasteiger partial charge in [0.1, 0.15) is 0 Å². The van der Waals surface area contributed by atoms with Crippen molar-refractivity contribution in [3.8, 4) is 0 Å². The standard InChI is InChI=1S/C13H21ClN2S/c1-2-3-6-16(11-4-5-11)12(8-15)13-7-10(14)9-17-13/h7,9,11-12H,2-6,8,15H2,1H3. The van der Waals surface area contributed by atoms with Crippen LogP contribution in [-0.4, -0.2) is 24.0 Å². The Morgan fingerprint density at radius 1 is 1.59 bits per heavy atom. The van der Waals surface area contributed by atoms with Gasteiger partial charge in [0, 0.05) is 22.8 Å². The van der Waals surface area contributed by atoms with Crippen molar-refractivity contribution in [1.29, 1.82) is 0 Å². The van der Waals surface area contributed by atoms with Crippen molar-refractivity contribution < 1.29 is 0 Å². The van der Waals surface area contributed by atoms with E-state index in [4.69, 9.17) is 17.3 Å². The Morgan fingerprint density at radius 2 is 2.35 bits per heavy atom. The molecule has 0 saturated heterocycles. The van der Waals surface area contributed by atoms with Crippen molar-refractivity contribution >= 4 is 22.9 Å². The van der Waals surface area contributed by atoms with E-state index in [0.717, 1.165) is 11.1 Å². The summed E-state index contributed by atoms with van der Waals surface area (Å²) in [6.45, 7) is 4.10. The molecule has 1 saturated carbocycles. The summed E-state index contributed by atoms with van der Waals surface area (Å²) in [6, 6.07) is 3.20. The second kappa shape index (κ2) is 6.19. The molecule has 1 aliphatic rings. The van der Waals surface area contributed by atoms with E-state index in [-0.39, 0.29) is 0 Å². The maximum Gasteiger partial charge on any atom is 0.0567 e. The maximum absolute atomic E-state index is 6.02. The van der Waals surface area contributed by atoms with Crippen molar-refractivity contribution in [2.45, 2.75) is 44.7 Å². The van der Waals surface area contributed by atoms with Gasteiger partial charge in [-0.15, -0.1) is 11.3 Å². The zero-order chi connectivity index (χ0) is 12.3. The van der Waals surface area contributed by atoms with E-state index in [1.165, 1.54) is 37.1 Å². The summed E-state index contributed by atoms with van der Waals surface area (Å²) in [5.74, 6) is 0. The highest BCUT2D eigenvalue weighted by Gasteiger charge is 2.34. The largest absolute Gasteiger partial charge is 0.329 e. The molecule has 96 valence electrons. The molecule has 0 aromatic carbocycles. The molecule has 17 heavy (non-hydrogen) atoms. The molecule has 2 N–H and O–H groups in total. The molecule has 2 nitrogen and oxygen atoms in total. The highest BCUT2D eigenvalue weighted by atomic mass is 35.5. The average Bonchev–Trinajstić information content (AvgIpc) is 3.08. The number of unbranched alkanes of at least 4 members (excludes halogenated alkanes) is 1. The van der Waals surface area contributed by atoms with Crippen LogP contribution in [-0.2, 0) is 0 Å². The molecule has 0 radical (unpaired) electrons. The Kier molecular flexibility index (Phi) is 4.86. The minimum atomic E-state index is 0.367. The normalized spacial score (nSPS) is 17.6. The van der Waals surface area contributed by atoms with Crippen molar-refractivity contribution in [3.05, 3.63) is 21.3 Å². The predicted molar refractivity (Wildman–Crippen MR) is 75.8 cm³/mol. The van der Waals surface area contributed by atoms with Gasteiger partial charge in [0.25, 0.3) is 0 Å². The van der Waals surface area contributed by atoms with Crippen LogP contribution in [0.2, 0.25) is 5.02 Å². The molecule has 1 aromatic heterocycles. The minimum absolute atomic E-state index is 0.367. The number of nitrogens with two attached hydrogens (primary N) is 1. The fourth-order valence-electron chi connectivity index (χ4n) is 2.26. The lowest BCUT2D eigenvalue weighted by Gasteiger charge is -2.30. The van der Waals surface area contributed by atoms with Crippen LogP contribution in [0.4, 0.5) is 0 Å². The van der Waals surface area contributed by atoms with Crippen molar-refractivity contribution in [3.63, 3.8) is 0 Å². The monoisotopic (exact) mass is 272 g/mol. The van der Waals surface area contributed by atoms with Gasteiger partial charge in [-0.1, -0.05) is 24.9 Å². The Labute approximate surface area is 113 Å². The fraction of sp³-hybridized carbons (Fsp3) is 0.692. The molecular weight excluding hydrogens is 252 g/mol. The molecule has 1 fully saturated rings. The van der Waals surface area contributed by atoms with Crippen LogP contribution in [0.3, 0.4) is 0 Å². The van der Waals surface area contributed by atoms with Crippen molar-refractivity contribution in [2.75, 3.05) is 13.1 Å². The van der Waals surface area contributed by atoms with E-state index >= 15 is 0 Å². The number of thiophene rings is 1. The zero-order valence-electron chi connectivity index (χ0n) is 10.4. The van der Waals surface area contributed by atoms with E-state index in [2.05, 4.69) is 17.9 Å². The third kappa shape index (κ3) is 3.44. The van der Waals surface area contributed by atoms with Gasteiger partial charge < -0.3 is 5.73 Å². The van der Waals surface area contributed by atoms with E-state index in [1.54, 1.807) is 11.3 Å². The summed E-state index contributed by atoms with van der Waals surface area (Å²) in [5, 5.41) is 2.85. The lowest BCUT2D eigenvalue weighted by atomic mass is 10.1. The molecule has 0 bridgehead atoms. The molecule has 4 heteroatoms. The van der Waals surface area contributed by atoms with Gasteiger partial charge in [0.15, 0.2) is 0 Å². The molecule has 2 rings (SSSR count). The molecule has 0 spiro atoms. The number of nitrogens with zero attached hydrogens (tertiary/aromatic N) is 1. The maximum atomic E-state index is 6.02. The van der Waals surface area contributed by atoms with E-state index in [1.807, 2.05) is 5.38 Å². The summed E-state index contributed by atoms with van der Waals surface area (Å²) < 4.78 is 0. The smallest absolute Gasteiger partial charge is 0.0567 e.